The highest BCUT2D eigenvalue weighted by molar-refractivity contribution is 6.22. The number of hydrogen-bond acceptors (Lipinski definition) is 4. The van der Waals surface area contributed by atoms with Gasteiger partial charge < -0.3 is 14.8 Å². The van der Waals surface area contributed by atoms with Crippen molar-refractivity contribution < 1.29 is 19.1 Å². The van der Waals surface area contributed by atoms with Crippen LogP contribution in [-0.4, -0.2) is 31.1 Å². The van der Waals surface area contributed by atoms with Crippen LogP contribution in [0, 0.1) is 0 Å². The topological polar surface area (TPSA) is 64.6 Å². The molecule has 5 heteroatoms. The molecule has 1 N–H and O–H groups in total. The van der Waals surface area contributed by atoms with Crippen LogP contribution in [0.15, 0.2) is 54.6 Å². The molecule has 0 fully saturated rings. The summed E-state index contributed by atoms with van der Waals surface area (Å²) in [6.07, 6.45) is 0.813. The molecule has 1 unspecified atom stereocenters. The molecule has 27 heavy (non-hydrogen) atoms. The Morgan fingerprint density at radius 2 is 1.59 bits per heavy atom. The summed E-state index contributed by atoms with van der Waals surface area (Å²) in [6, 6.07) is 16.5. The SMILES string of the molecule is COc1ccccc1/C=C(/C(=O)OC(C)C(=O)NC(C)C)c1ccccc1. The first kappa shape index (κ1) is 20.2. The monoisotopic (exact) mass is 367 g/mol. The third-order valence-electron chi connectivity index (χ3n) is 3.83. The van der Waals surface area contributed by atoms with Gasteiger partial charge in [0, 0.05) is 11.6 Å². The van der Waals surface area contributed by atoms with Crippen LogP contribution in [0.4, 0.5) is 0 Å². The Balaban J connectivity index is 2.35. The number of methoxy groups -OCH3 is 1. The van der Waals surface area contributed by atoms with Gasteiger partial charge in [0.1, 0.15) is 5.75 Å². The molecular formula is C22H25NO4. The molecule has 5 nitrogen and oxygen atoms in total. The summed E-state index contributed by atoms with van der Waals surface area (Å²) in [5.74, 6) is -0.258. The van der Waals surface area contributed by atoms with Gasteiger partial charge in [-0.3, -0.25) is 4.79 Å². The van der Waals surface area contributed by atoms with Crippen LogP contribution in [0.2, 0.25) is 0 Å². The van der Waals surface area contributed by atoms with Crippen LogP contribution in [0.3, 0.4) is 0 Å². The number of hydrogen-bond donors (Lipinski definition) is 1. The van der Waals surface area contributed by atoms with Crippen molar-refractivity contribution >= 4 is 23.5 Å². The maximum Gasteiger partial charge on any atom is 0.339 e. The summed E-state index contributed by atoms with van der Waals surface area (Å²) in [5.41, 5.74) is 1.80. The normalized spacial score (nSPS) is 12.4. The highest BCUT2D eigenvalue weighted by Crippen LogP contribution is 2.25. The summed E-state index contributed by atoms with van der Waals surface area (Å²) in [5, 5.41) is 2.74. The van der Waals surface area contributed by atoms with Crippen LogP contribution in [0.25, 0.3) is 11.6 Å². The summed E-state index contributed by atoms with van der Waals surface area (Å²) in [7, 11) is 1.57. The molecule has 2 rings (SSSR count). The number of esters is 1. The van der Waals surface area contributed by atoms with Crippen LogP contribution in [0.5, 0.6) is 5.75 Å². The number of rotatable bonds is 7. The van der Waals surface area contributed by atoms with Gasteiger partial charge in [-0.05, 0) is 38.5 Å². The minimum atomic E-state index is -0.898. The van der Waals surface area contributed by atoms with E-state index in [1.165, 1.54) is 0 Å². The number of nitrogens with one attached hydrogen (secondary N) is 1. The Morgan fingerprint density at radius 1 is 0.963 bits per heavy atom. The van der Waals surface area contributed by atoms with Gasteiger partial charge in [0.25, 0.3) is 5.91 Å². The average Bonchev–Trinajstić information content (AvgIpc) is 2.66. The zero-order valence-electron chi connectivity index (χ0n) is 16.1. The minimum Gasteiger partial charge on any atom is -0.496 e. The van der Waals surface area contributed by atoms with Crippen molar-refractivity contribution in [1.29, 1.82) is 0 Å². The van der Waals surface area contributed by atoms with Crippen molar-refractivity contribution in [1.82, 2.24) is 5.32 Å². The summed E-state index contributed by atoms with van der Waals surface area (Å²) >= 11 is 0. The van der Waals surface area contributed by atoms with Crippen molar-refractivity contribution in [2.75, 3.05) is 7.11 Å². The van der Waals surface area contributed by atoms with E-state index < -0.39 is 12.1 Å². The second kappa shape index (κ2) is 9.57. The zero-order chi connectivity index (χ0) is 19.8. The average molecular weight is 367 g/mol. The van der Waals surface area contributed by atoms with E-state index in [1.807, 2.05) is 68.4 Å². The van der Waals surface area contributed by atoms with Gasteiger partial charge in [0.15, 0.2) is 6.10 Å². The summed E-state index contributed by atoms with van der Waals surface area (Å²) < 4.78 is 10.8. The van der Waals surface area contributed by atoms with Crippen molar-refractivity contribution in [2.45, 2.75) is 32.9 Å². The predicted octanol–water partition coefficient (Wildman–Crippen LogP) is 3.69. The summed E-state index contributed by atoms with van der Waals surface area (Å²) in [4.78, 5) is 24.9. The number of carbonyl (C=O) groups excluding carboxylic acids is 2. The van der Waals surface area contributed by atoms with E-state index >= 15 is 0 Å². The Morgan fingerprint density at radius 3 is 2.22 bits per heavy atom. The van der Waals surface area contributed by atoms with Crippen LogP contribution in [0.1, 0.15) is 31.9 Å². The minimum absolute atomic E-state index is 0.0311. The molecule has 1 amide bonds. The Bertz CT molecular complexity index is 812. The lowest BCUT2D eigenvalue weighted by Gasteiger charge is -2.17. The predicted molar refractivity (Wildman–Crippen MR) is 106 cm³/mol. The fourth-order valence-electron chi connectivity index (χ4n) is 2.50. The van der Waals surface area contributed by atoms with E-state index in [2.05, 4.69) is 5.32 Å². The van der Waals surface area contributed by atoms with Gasteiger partial charge in [-0.15, -0.1) is 0 Å². The molecule has 2 aromatic carbocycles. The van der Waals surface area contributed by atoms with Gasteiger partial charge >= 0.3 is 5.97 Å². The van der Waals surface area contributed by atoms with Gasteiger partial charge in [0.2, 0.25) is 0 Å². The molecule has 0 radical (unpaired) electrons. The highest BCUT2D eigenvalue weighted by atomic mass is 16.5. The molecule has 0 heterocycles. The molecule has 0 bridgehead atoms. The first-order chi connectivity index (χ1) is 12.9. The standard InChI is InChI=1S/C22H25NO4/c1-15(2)23-21(24)16(3)27-22(25)19(17-10-6-5-7-11-17)14-18-12-8-9-13-20(18)26-4/h5-16H,1-4H3,(H,23,24)/b19-14+. The van der Waals surface area contributed by atoms with Crippen LogP contribution in [-0.2, 0) is 14.3 Å². The van der Waals surface area contributed by atoms with Gasteiger partial charge in [-0.1, -0.05) is 48.5 Å². The van der Waals surface area contributed by atoms with E-state index in [0.717, 1.165) is 5.56 Å². The number of ether oxygens (including phenoxy) is 2. The van der Waals surface area contributed by atoms with Crippen LogP contribution < -0.4 is 10.1 Å². The smallest absolute Gasteiger partial charge is 0.339 e. The van der Waals surface area contributed by atoms with E-state index in [0.29, 0.717) is 16.9 Å². The molecule has 0 aliphatic rings. The van der Waals surface area contributed by atoms with E-state index in [9.17, 15) is 9.59 Å². The van der Waals surface area contributed by atoms with Crippen LogP contribution >= 0.6 is 0 Å². The number of carbonyl (C=O) groups is 2. The molecular weight excluding hydrogens is 342 g/mol. The first-order valence-electron chi connectivity index (χ1n) is 8.84. The molecule has 1 atom stereocenters. The number of para-hydroxylation sites is 1. The Hall–Kier alpha value is -3.08. The second-order valence-corrected chi connectivity index (χ2v) is 6.38. The number of benzene rings is 2. The lowest BCUT2D eigenvalue weighted by Crippen LogP contribution is -2.39. The second-order valence-electron chi connectivity index (χ2n) is 6.38. The van der Waals surface area contributed by atoms with Gasteiger partial charge in [-0.25, -0.2) is 4.79 Å². The number of amides is 1. The molecule has 0 aliphatic heterocycles. The van der Waals surface area contributed by atoms with Crippen molar-refractivity contribution in [3.63, 3.8) is 0 Å². The fraction of sp³-hybridized carbons (Fsp3) is 0.273. The Labute approximate surface area is 160 Å². The first-order valence-corrected chi connectivity index (χ1v) is 8.84. The lowest BCUT2D eigenvalue weighted by molar-refractivity contribution is -0.149. The van der Waals surface area contributed by atoms with Crippen molar-refractivity contribution in [3.8, 4) is 5.75 Å². The van der Waals surface area contributed by atoms with E-state index in [1.54, 1.807) is 20.1 Å². The third-order valence-corrected chi connectivity index (χ3v) is 3.83. The fourth-order valence-corrected chi connectivity index (χ4v) is 2.50. The van der Waals surface area contributed by atoms with Crippen molar-refractivity contribution in [2.24, 2.45) is 0 Å². The maximum absolute atomic E-state index is 12.8. The molecule has 2 aromatic rings. The lowest BCUT2D eigenvalue weighted by atomic mass is 10.0. The highest BCUT2D eigenvalue weighted by Gasteiger charge is 2.22. The largest absolute Gasteiger partial charge is 0.496 e. The van der Waals surface area contributed by atoms with Crippen molar-refractivity contribution in [3.05, 3.63) is 65.7 Å². The third kappa shape index (κ3) is 5.71. The van der Waals surface area contributed by atoms with Gasteiger partial charge in [0.05, 0.1) is 12.7 Å². The molecule has 0 aliphatic carbocycles. The molecule has 0 saturated carbocycles. The van der Waals surface area contributed by atoms with E-state index in [-0.39, 0.29) is 11.9 Å². The summed E-state index contributed by atoms with van der Waals surface area (Å²) in [6.45, 7) is 5.26. The van der Waals surface area contributed by atoms with Gasteiger partial charge in [-0.2, -0.15) is 0 Å². The quantitative estimate of drug-likeness (QED) is 0.460. The maximum atomic E-state index is 12.8. The molecule has 0 spiro atoms. The van der Waals surface area contributed by atoms with E-state index in [4.69, 9.17) is 9.47 Å². The zero-order valence-corrected chi connectivity index (χ0v) is 16.1. The molecule has 142 valence electrons. The Kier molecular flexibility index (Phi) is 7.17. The molecule has 0 saturated heterocycles. The molecule has 0 aromatic heterocycles.